The molecule has 1 saturated heterocycles. The molecule has 2 N–H and O–H groups in total. The van der Waals surface area contributed by atoms with Crippen LogP contribution >= 0.6 is 0 Å². The number of nitrogens with two attached hydrogens (primary N) is 1. The van der Waals surface area contributed by atoms with Crippen molar-refractivity contribution < 1.29 is 4.79 Å². The molecule has 1 aliphatic heterocycles. The Hall–Kier alpha value is -1.36. The predicted octanol–water partition coefficient (Wildman–Crippen LogP) is 1.89. The highest BCUT2D eigenvalue weighted by molar-refractivity contribution is 5.92. The number of hydrogen-bond donors (Lipinski definition) is 1. The molecular weight excluding hydrogens is 252 g/mol. The van der Waals surface area contributed by atoms with Crippen molar-refractivity contribution in [3.8, 4) is 0 Å². The van der Waals surface area contributed by atoms with Gasteiger partial charge in [-0.25, -0.2) is 0 Å². The maximum absolute atomic E-state index is 12.7. The van der Waals surface area contributed by atoms with E-state index >= 15 is 0 Å². The van der Waals surface area contributed by atoms with Gasteiger partial charge >= 0.3 is 0 Å². The molecule has 1 fully saturated rings. The number of carbonyl (C=O) groups is 1. The van der Waals surface area contributed by atoms with Gasteiger partial charge in [0.15, 0.2) is 5.69 Å². The summed E-state index contributed by atoms with van der Waals surface area (Å²) >= 11 is 0. The van der Waals surface area contributed by atoms with Gasteiger partial charge < -0.3 is 10.6 Å². The molecule has 2 heterocycles. The van der Waals surface area contributed by atoms with Crippen LogP contribution in [0.15, 0.2) is 6.07 Å². The number of nitrogens with zero attached hydrogens (tertiary/aromatic N) is 3. The van der Waals surface area contributed by atoms with Crippen LogP contribution in [-0.2, 0) is 7.05 Å². The van der Waals surface area contributed by atoms with Crippen LogP contribution in [0.4, 0.5) is 0 Å². The Kier molecular flexibility index (Phi) is 4.48. The van der Waals surface area contributed by atoms with Gasteiger partial charge in [-0.3, -0.25) is 9.48 Å². The van der Waals surface area contributed by atoms with Crippen molar-refractivity contribution >= 4 is 5.91 Å². The Morgan fingerprint density at radius 1 is 1.40 bits per heavy atom. The molecule has 0 aromatic carbocycles. The standard InChI is InChI=1S/C15H26N4O/c1-10(2)14-9-12(17-18(14)4)15(20)19-8-6-5-7-13(19)11(3)16/h9-11,13H,5-8,16H2,1-4H3/t11-,13+/m1/s1. The molecule has 1 aliphatic rings. The van der Waals surface area contributed by atoms with E-state index in [0.717, 1.165) is 31.5 Å². The Labute approximate surface area is 121 Å². The molecule has 0 spiro atoms. The SMILES string of the molecule is CC(C)c1cc(C(=O)N2CCCC[C@H]2[C@@H](C)N)nn1C. The van der Waals surface area contributed by atoms with Gasteiger partial charge in [0.2, 0.25) is 0 Å². The zero-order valence-corrected chi connectivity index (χ0v) is 13.0. The Bertz CT molecular complexity index is 478. The highest BCUT2D eigenvalue weighted by Crippen LogP contribution is 2.22. The summed E-state index contributed by atoms with van der Waals surface area (Å²) in [5.41, 5.74) is 7.67. The van der Waals surface area contributed by atoms with Gasteiger partial charge in [-0.15, -0.1) is 0 Å². The summed E-state index contributed by atoms with van der Waals surface area (Å²) in [5, 5.41) is 4.39. The molecule has 1 amide bonds. The van der Waals surface area contributed by atoms with E-state index < -0.39 is 0 Å². The van der Waals surface area contributed by atoms with Crippen molar-refractivity contribution in [1.29, 1.82) is 0 Å². The largest absolute Gasteiger partial charge is 0.333 e. The lowest BCUT2D eigenvalue weighted by Crippen LogP contribution is -2.51. The minimum atomic E-state index is 0.00697. The van der Waals surface area contributed by atoms with Crippen LogP contribution in [0.2, 0.25) is 0 Å². The van der Waals surface area contributed by atoms with Gasteiger partial charge in [0.1, 0.15) is 0 Å². The number of amides is 1. The molecule has 0 aliphatic carbocycles. The molecule has 0 bridgehead atoms. The lowest BCUT2D eigenvalue weighted by Gasteiger charge is -2.37. The van der Waals surface area contributed by atoms with Crippen LogP contribution < -0.4 is 5.73 Å². The second-order valence-corrected chi connectivity index (χ2v) is 6.15. The van der Waals surface area contributed by atoms with E-state index in [9.17, 15) is 4.79 Å². The Morgan fingerprint density at radius 3 is 2.65 bits per heavy atom. The molecular formula is C15H26N4O. The van der Waals surface area contributed by atoms with Crippen LogP contribution in [0.5, 0.6) is 0 Å². The van der Waals surface area contributed by atoms with E-state index in [-0.39, 0.29) is 18.0 Å². The number of likely N-dealkylation sites (tertiary alicyclic amines) is 1. The van der Waals surface area contributed by atoms with Crippen molar-refractivity contribution in [1.82, 2.24) is 14.7 Å². The number of aromatic nitrogens is 2. The summed E-state index contributed by atoms with van der Waals surface area (Å²) in [6, 6.07) is 2.06. The van der Waals surface area contributed by atoms with Gasteiger partial charge in [0.25, 0.3) is 5.91 Å². The molecule has 1 aromatic rings. The fraction of sp³-hybridized carbons (Fsp3) is 0.733. The fourth-order valence-electron chi connectivity index (χ4n) is 3.03. The highest BCUT2D eigenvalue weighted by Gasteiger charge is 2.31. The Morgan fingerprint density at radius 2 is 2.10 bits per heavy atom. The van der Waals surface area contributed by atoms with E-state index in [1.807, 2.05) is 29.6 Å². The molecule has 112 valence electrons. The third-order valence-electron chi connectivity index (χ3n) is 4.14. The van der Waals surface area contributed by atoms with Gasteiger partial charge in [0, 0.05) is 31.4 Å². The zero-order chi connectivity index (χ0) is 14.9. The lowest BCUT2D eigenvalue weighted by molar-refractivity contribution is 0.0577. The van der Waals surface area contributed by atoms with Crippen molar-refractivity contribution in [2.75, 3.05) is 6.54 Å². The van der Waals surface area contributed by atoms with Crippen LogP contribution in [0.1, 0.15) is 62.1 Å². The fourth-order valence-corrected chi connectivity index (χ4v) is 3.03. The molecule has 20 heavy (non-hydrogen) atoms. The van der Waals surface area contributed by atoms with Crippen molar-refractivity contribution in [3.63, 3.8) is 0 Å². The molecule has 0 radical (unpaired) electrons. The smallest absolute Gasteiger partial charge is 0.274 e. The van der Waals surface area contributed by atoms with E-state index in [4.69, 9.17) is 5.73 Å². The zero-order valence-electron chi connectivity index (χ0n) is 13.0. The summed E-state index contributed by atoms with van der Waals surface area (Å²) in [6.07, 6.45) is 3.20. The van der Waals surface area contributed by atoms with Crippen LogP contribution in [-0.4, -0.2) is 39.2 Å². The first-order chi connectivity index (χ1) is 9.41. The maximum Gasteiger partial charge on any atom is 0.274 e. The second-order valence-electron chi connectivity index (χ2n) is 6.15. The van der Waals surface area contributed by atoms with E-state index in [2.05, 4.69) is 18.9 Å². The van der Waals surface area contributed by atoms with Gasteiger partial charge in [-0.05, 0) is 38.2 Å². The molecule has 2 rings (SSSR count). The van der Waals surface area contributed by atoms with Gasteiger partial charge in [-0.1, -0.05) is 13.8 Å². The van der Waals surface area contributed by atoms with Crippen molar-refractivity contribution in [3.05, 3.63) is 17.5 Å². The van der Waals surface area contributed by atoms with E-state index in [1.165, 1.54) is 0 Å². The lowest BCUT2D eigenvalue weighted by atomic mass is 9.96. The first-order valence-corrected chi connectivity index (χ1v) is 7.52. The summed E-state index contributed by atoms with van der Waals surface area (Å²) in [6.45, 7) is 6.99. The molecule has 1 aromatic heterocycles. The minimum Gasteiger partial charge on any atom is -0.333 e. The Balaban J connectivity index is 2.23. The quantitative estimate of drug-likeness (QED) is 0.918. The third kappa shape index (κ3) is 2.87. The summed E-state index contributed by atoms with van der Waals surface area (Å²) in [4.78, 5) is 14.6. The normalized spacial score (nSPS) is 21.3. The third-order valence-corrected chi connectivity index (χ3v) is 4.14. The van der Waals surface area contributed by atoms with E-state index in [1.54, 1.807) is 0 Å². The minimum absolute atomic E-state index is 0.00697. The maximum atomic E-state index is 12.7. The molecule has 0 saturated carbocycles. The first-order valence-electron chi connectivity index (χ1n) is 7.52. The van der Waals surface area contributed by atoms with Crippen LogP contribution in [0.3, 0.4) is 0 Å². The van der Waals surface area contributed by atoms with Crippen molar-refractivity contribution in [2.45, 2.75) is 58.0 Å². The monoisotopic (exact) mass is 278 g/mol. The number of aryl methyl sites for hydroxylation is 1. The molecule has 2 atom stereocenters. The van der Waals surface area contributed by atoms with Gasteiger partial charge in [-0.2, -0.15) is 5.10 Å². The second kappa shape index (κ2) is 5.95. The van der Waals surface area contributed by atoms with Crippen LogP contribution in [0.25, 0.3) is 0 Å². The highest BCUT2D eigenvalue weighted by atomic mass is 16.2. The molecule has 0 unspecified atom stereocenters. The van der Waals surface area contributed by atoms with Crippen LogP contribution in [0, 0.1) is 0 Å². The number of piperidine rings is 1. The topological polar surface area (TPSA) is 64.2 Å². The summed E-state index contributed by atoms with van der Waals surface area (Å²) in [5.74, 6) is 0.383. The number of hydrogen-bond acceptors (Lipinski definition) is 3. The van der Waals surface area contributed by atoms with Crippen molar-refractivity contribution in [2.24, 2.45) is 12.8 Å². The predicted molar refractivity (Wildman–Crippen MR) is 79.6 cm³/mol. The first kappa shape index (κ1) is 15.0. The average molecular weight is 278 g/mol. The average Bonchev–Trinajstić information content (AvgIpc) is 2.80. The van der Waals surface area contributed by atoms with E-state index in [0.29, 0.717) is 11.6 Å². The molecule has 5 nitrogen and oxygen atoms in total. The number of rotatable bonds is 3. The number of carbonyl (C=O) groups excluding carboxylic acids is 1. The summed E-state index contributed by atoms with van der Waals surface area (Å²) in [7, 11) is 1.89. The van der Waals surface area contributed by atoms with Gasteiger partial charge in [0.05, 0.1) is 0 Å². The molecule has 5 heteroatoms. The summed E-state index contributed by atoms with van der Waals surface area (Å²) < 4.78 is 1.81.